The second-order valence-corrected chi connectivity index (χ2v) is 7.08. The Balaban J connectivity index is 2.01. The lowest BCUT2D eigenvalue weighted by Gasteiger charge is -2.09. The van der Waals surface area contributed by atoms with E-state index in [-0.39, 0.29) is 15.1 Å². The number of anilines is 1. The molecule has 10 heteroatoms. The minimum Gasteiger partial charge on any atom is -0.481 e. The van der Waals surface area contributed by atoms with E-state index in [1.807, 2.05) is 0 Å². The molecule has 0 aliphatic carbocycles. The summed E-state index contributed by atoms with van der Waals surface area (Å²) in [4.78, 5) is 16.0. The van der Waals surface area contributed by atoms with E-state index in [1.54, 1.807) is 12.1 Å². The third kappa shape index (κ3) is 6.34. The molecule has 2 aromatic rings. The summed E-state index contributed by atoms with van der Waals surface area (Å²) < 4.78 is 43.1. The van der Waals surface area contributed by atoms with Gasteiger partial charge in [-0.1, -0.05) is 41.4 Å². The molecule has 4 nitrogen and oxygen atoms in total. The van der Waals surface area contributed by atoms with Crippen LogP contribution >= 0.6 is 35.0 Å². The second-order valence-electron chi connectivity index (χ2n) is 5.12. The van der Waals surface area contributed by atoms with E-state index in [4.69, 9.17) is 27.9 Å². The highest BCUT2D eigenvalue weighted by Crippen LogP contribution is 2.33. The van der Waals surface area contributed by atoms with Crippen LogP contribution < -0.4 is 10.1 Å². The normalized spacial score (nSPS) is 12.4. The second kappa shape index (κ2) is 9.34. The fourth-order valence-corrected chi connectivity index (χ4v) is 3.05. The Kier molecular flexibility index (Phi) is 7.41. The summed E-state index contributed by atoms with van der Waals surface area (Å²) in [5.41, 5.74) is 0.0278. The smallest absolute Gasteiger partial charge is 0.416 e. The Morgan fingerprint density at radius 1 is 1.26 bits per heavy atom. The number of carbonyl (C=O) groups is 1. The zero-order valence-electron chi connectivity index (χ0n) is 13.8. The van der Waals surface area contributed by atoms with E-state index >= 15 is 0 Å². The molecule has 1 aromatic heterocycles. The average Bonchev–Trinajstić information content (AvgIpc) is 2.65. The fourth-order valence-electron chi connectivity index (χ4n) is 1.90. The van der Waals surface area contributed by atoms with Crippen molar-refractivity contribution in [3.63, 3.8) is 0 Å². The van der Waals surface area contributed by atoms with Crippen molar-refractivity contribution in [2.45, 2.75) is 11.9 Å². The van der Waals surface area contributed by atoms with Gasteiger partial charge < -0.3 is 10.1 Å². The number of hydrogen-bond donors (Lipinski definition) is 1. The number of aromatic nitrogens is 1. The maximum absolute atomic E-state index is 12.7. The average molecular weight is 437 g/mol. The molecular formula is C17H13Cl2F3N2O2S. The number of ether oxygens (including phenoxy) is 1. The number of nitrogens with zero attached hydrogens (tertiary/aromatic N) is 1. The lowest BCUT2D eigenvalue weighted by molar-refractivity contribution is -0.137. The predicted octanol–water partition coefficient (Wildman–Crippen LogP) is 5.63. The Hall–Kier alpha value is -1.90. The minimum atomic E-state index is -4.43. The topological polar surface area (TPSA) is 51.2 Å². The van der Waals surface area contributed by atoms with Crippen LogP contribution in [0.4, 0.5) is 18.9 Å². The Morgan fingerprint density at radius 2 is 2.00 bits per heavy atom. The molecule has 0 fully saturated rings. The number of nitrogens with one attached hydrogen (secondary N) is 1. The molecule has 1 aromatic carbocycles. The van der Waals surface area contributed by atoms with Crippen LogP contribution in [-0.2, 0) is 16.7 Å². The number of hydrogen-bond acceptors (Lipinski definition) is 4. The first-order valence-corrected chi connectivity index (χ1v) is 9.10. The molecule has 0 saturated heterocycles. The van der Waals surface area contributed by atoms with Crippen molar-refractivity contribution in [1.82, 2.24) is 4.98 Å². The van der Waals surface area contributed by atoms with Crippen LogP contribution in [0.2, 0.25) is 0 Å². The summed E-state index contributed by atoms with van der Waals surface area (Å²) in [5, 5.41) is 2.23. The van der Waals surface area contributed by atoms with Crippen molar-refractivity contribution in [2.24, 2.45) is 0 Å². The van der Waals surface area contributed by atoms with Crippen LogP contribution in [0.25, 0.3) is 0 Å². The standard InChI is InChI=1S/C17H13Cl2F3N2O2S/c1-26-13-6-5-12(8-23-13)24-16(25)14(18)15(19)27-9-10-3-2-4-11(7-10)17(20,21)22/h2-8H,9H2,1H3,(H,24,25)/b15-14+. The quantitative estimate of drug-likeness (QED) is 0.596. The number of thioether (sulfide) groups is 1. The Bertz CT molecular complexity index is 843. The van der Waals surface area contributed by atoms with Crippen LogP contribution in [0.5, 0.6) is 5.88 Å². The van der Waals surface area contributed by atoms with Gasteiger partial charge in [0.15, 0.2) is 0 Å². The van der Waals surface area contributed by atoms with Gasteiger partial charge in [0.2, 0.25) is 5.88 Å². The van der Waals surface area contributed by atoms with Gasteiger partial charge in [-0.3, -0.25) is 4.79 Å². The Labute approximate surface area is 167 Å². The van der Waals surface area contributed by atoms with Crippen molar-refractivity contribution in [2.75, 3.05) is 12.4 Å². The highest BCUT2D eigenvalue weighted by atomic mass is 35.5. The third-order valence-corrected chi connectivity index (χ3v) is 5.22. The summed E-state index contributed by atoms with van der Waals surface area (Å²) >= 11 is 12.9. The number of alkyl halides is 3. The summed E-state index contributed by atoms with van der Waals surface area (Å²) in [6.45, 7) is 0. The molecule has 144 valence electrons. The van der Waals surface area contributed by atoms with Crippen LogP contribution in [-0.4, -0.2) is 18.0 Å². The molecule has 27 heavy (non-hydrogen) atoms. The van der Waals surface area contributed by atoms with E-state index in [0.29, 0.717) is 17.1 Å². The fraction of sp³-hybridized carbons (Fsp3) is 0.176. The van der Waals surface area contributed by atoms with Crippen LogP contribution in [0.3, 0.4) is 0 Å². The first-order chi connectivity index (χ1) is 12.7. The van der Waals surface area contributed by atoms with Gasteiger partial charge in [0.1, 0.15) is 5.03 Å². The van der Waals surface area contributed by atoms with Gasteiger partial charge in [-0.15, -0.1) is 11.8 Å². The minimum absolute atomic E-state index is 0.0342. The number of amides is 1. The summed E-state index contributed by atoms with van der Waals surface area (Å²) in [6, 6.07) is 7.96. The largest absolute Gasteiger partial charge is 0.481 e. The van der Waals surface area contributed by atoms with Crippen LogP contribution in [0.1, 0.15) is 11.1 Å². The maximum atomic E-state index is 12.7. The number of halogens is 5. The van der Waals surface area contributed by atoms with Crippen molar-refractivity contribution < 1.29 is 22.7 Å². The molecule has 0 unspecified atom stereocenters. The van der Waals surface area contributed by atoms with Gasteiger partial charge >= 0.3 is 6.18 Å². The zero-order chi connectivity index (χ0) is 20.0. The molecule has 0 atom stereocenters. The monoisotopic (exact) mass is 436 g/mol. The molecular weight excluding hydrogens is 424 g/mol. The van der Waals surface area contributed by atoms with E-state index < -0.39 is 17.6 Å². The van der Waals surface area contributed by atoms with E-state index in [1.165, 1.54) is 25.4 Å². The van der Waals surface area contributed by atoms with Crippen LogP contribution in [0.15, 0.2) is 52.0 Å². The number of methoxy groups -OCH3 is 1. The molecule has 1 heterocycles. The molecule has 0 saturated carbocycles. The third-order valence-electron chi connectivity index (χ3n) is 3.20. The Morgan fingerprint density at radius 3 is 2.59 bits per heavy atom. The van der Waals surface area contributed by atoms with Gasteiger partial charge in [0.25, 0.3) is 5.91 Å². The molecule has 0 bridgehead atoms. The van der Waals surface area contributed by atoms with Crippen molar-refractivity contribution in [3.05, 3.63) is 63.1 Å². The lowest BCUT2D eigenvalue weighted by Crippen LogP contribution is -2.12. The first kappa shape index (κ1) is 21.4. The van der Waals surface area contributed by atoms with Gasteiger partial charge in [-0.2, -0.15) is 13.2 Å². The SMILES string of the molecule is COc1ccc(NC(=O)/C(Cl)=C(/Cl)SCc2cccc(C(F)(F)F)c2)cn1. The highest BCUT2D eigenvalue weighted by Gasteiger charge is 2.30. The van der Waals surface area contributed by atoms with Gasteiger partial charge in [-0.25, -0.2) is 4.98 Å². The predicted molar refractivity (Wildman–Crippen MR) is 101 cm³/mol. The summed E-state index contributed by atoms with van der Waals surface area (Å²) in [6.07, 6.45) is -3.05. The van der Waals surface area contributed by atoms with Gasteiger partial charge in [0.05, 0.1) is 28.9 Å². The molecule has 0 aliphatic heterocycles. The van der Waals surface area contributed by atoms with Gasteiger partial charge in [0, 0.05) is 11.8 Å². The molecule has 1 amide bonds. The molecule has 2 rings (SSSR count). The van der Waals surface area contributed by atoms with Crippen LogP contribution in [0, 0.1) is 0 Å². The number of pyridine rings is 1. The maximum Gasteiger partial charge on any atom is 0.416 e. The number of rotatable bonds is 6. The van der Waals surface area contributed by atoms with E-state index in [2.05, 4.69) is 10.3 Å². The van der Waals surface area contributed by atoms with Gasteiger partial charge in [-0.05, 0) is 17.7 Å². The first-order valence-electron chi connectivity index (χ1n) is 7.36. The number of carbonyl (C=O) groups excluding carboxylic acids is 1. The van der Waals surface area contributed by atoms with E-state index in [0.717, 1.165) is 23.9 Å². The molecule has 0 spiro atoms. The summed E-state index contributed by atoms with van der Waals surface area (Å²) in [5.74, 6) is -0.162. The van der Waals surface area contributed by atoms with Crippen molar-refractivity contribution >= 4 is 46.6 Å². The van der Waals surface area contributed by atoms with Crippen molar-refractivity contribution in [1.29, 1.82) is 0 Å². The zero-order valence-corrected chi connectivity index (χ0v) is 16.1. The molecule has 0 aliphatic rings. The lowest BCUT2D eigenvalue weighted by atomic mass is 10.1. The molecule has 1 N–H and O–H groups in total. The molecule has 0 radical (unpaired) electrons. The van der Waals surface area contributed by atoms with Crippen molar-refractivity contribution in [3.8, 4) is 5.88 Å². The summed E-state index contributed by atoms with van der Waals surface area (Å²) in [7, 11) is 1.46. The number of benzene rings is 1. The van der Waals surface area contributed by atoms with E-state index in [9.17, 15) is 18.0 Å². The highest BCUT2D eigenvalue weighted by molar-refractivity contribution is 8.03.